The molecule has 0 aromatic carbocycles. The molecule has 4 heteroatoms. The molecule has 2 rings (SSSR count). The van der Waals surface area contributed by atoms with Crippen LogP contribution < -0.4 is 4.74 Å². The molecule has 0 unspecified atom stereocenters. The van der Waals surface area contributed by atoms with Gasteiger partial charge in [-0.25, -0.2) is 4.98 Å². The summed E-state index contributed by atoms with van der Waals surface area (Å²) in [5, 5.41) is 9.06. The van der Waals surface area contributed by atoms with E-state index in [4.69, 9.17) is 10.00 Å². The van der Waals surface area contributed by atoms with Crippen molar-refractivity contribution in [3.63, 3.8) is 0 Å². The van der Waals surface area contributed by atoms with E-state index in [1.807, 2.05) is 25.1 Å². The highest BCUT2D eigenvalue weighted by atomic mass is 16.5. The number of aromatic nitrogens is 2. The van der Waals surface area contributed by atoms with E-state index in [9.17, 15) is 0 Å². The maximum Gasteiger partial charge on any atom is 0.231 e. The monoisotopic (exact) mass is 253 g/mol. The summed E-state index contributed by atoms with van der Waals surface area (Å²) < 4.78 is 5.58. The highest BCUT2D eigenvalue weighted by Crippen LogP contribution is 2.17. The van der Waals surface area contributed by atoms with Gasteiger partial charge in [-0.1, -0.05) is 0 Å². The summed E-state index contributed by atoms with van der Waals surface area (Å²) in [6, 6.07) is 7.92. The minimum Gasteiger partial charge on any atom is -0.477 e. The number of nitrogens with zero attached hydrogens (tertiary/aromatic N) is 3. The summed E-state index contributed by atoms with van der Waals surface area (Å²) in [5.41, 5.74) is 2.64. The van der Waals surface area contributed by atoms with Gasteiger partial charge >= 0.3 is 0 Å². The fraction of sp³-hybridized carbons (Fsp3) is 0.267. The van der Waals surface area contributed by atoms with Crippen molar-refractivity contribution in [1.82, 2.24) is 9.97 Å². The summed E-state index contributed by atoms with van der Waals surface area (Å²) in [6.07, 6.45) is 7.03. The van der Waals surface area contributed by atoms with Crippen molar-refractivity contribution in [3.05, 3.63) is 53.5 Å². The van der Waals surface area contributed by atoms with Gasteiger partial charge in [-0.3, -0.25) is 4.98 Å². The second kappa shape index (κ2) is 6.50. The van der Waals surface area contributed by atoms with Crippen molar-refractivity contribution < 1.29 is 4.74 Å². The van der Waals surface area contributed by atoms with Gasteiger partial charge in [-0.05, 0) is 49.1 Å². The van der Waals surface area contributed by atoms with Gasteiger partial charge in [-0.15, -0.1) is 0 Å². The first kappa shape index (κ1) is 13.0. The van der Waals surface area contributed by atoms with Crippen LogP contribution in [-0.4, -0.2) is 16.6 Å². The largest absolute Gasteiger partial charge is 0.477 e. The summed E-state index contributed by atoms with van der Waals surface area (Å²) in [7, 11) is 0. The first-order valence-corrected chi connectivity index (χ1v) is 6.18. The zero-order valence-corrected chi connectivity index (χ0v) is 10.8. The maximum absolute atomic E-state index is 9.06. The van der Waals surface area contributed by atoms with E-state index in [0.717, 1.165) is 18.4 Å². The third-order valence-electron chi connectivity index (χ3n) is 2.83. The molecule has 0 N–H and O–H groups in total. The number of pyridine rings is 2. The third-order valence-corrected chi connectivity index (χ3v) is 2.83. The SMILES string of the molecule is Cc1ccnc(OCCCc2ccncc2)c1C#N. The molecule has 19 heavy (non-hydrogen) atoms. The van der Waals surface area contributed by atoms with Crippen LogP contribution >= 0.6 is 0 Å². The van der Waals surface area contributed by atoms with Gasteiger partial charge in [0, 0.05) is 18.6 Å². The van der Waals surface area contributed by atoms with Crippen molar-refractivity contribution in [2.24, 2.45) is 0 Å². The minimum atomic E-state index is 0.428. The second-order valence-corrected chi connectivity index (χ2v) is 4.23. The third kappa shape index (κ3) is 3.52. The molecule has 2 aromatic heterocycles. The Kier molecular flexibility index (Phi) is 4.46. The average Bonchev–Trinajstić information content (AvgIpc) is 2.45. The Balaban J connectivity index is 1.87. The van der Waals surface area contributed by atoms with Crippen molar-refractivity contribution in [2.75, 3.05) is 6.61 Å². The van der Waals surface area contributed by atoms with Crippen LogP contribution in [0.3, 0.4) is 0 Å². The van der Waals surface area contributed by atoms with Gasteiger partial charge in [0.25, 0.3) is 0 Å². The highest BCUT2D eigenvalue weighted by Gasteiger charge is 2.07. The molecule has 2 aromatic rings. The maximum atomic E-state index is 9.06. The highest BCUT2D eigenvalue weighted by molar-refractivity contribution is 5.43. The van der Waals surface area contributed by atoms with Crippen molar-refractivity contribution in [1.29, 1.82) is 5.26 Å². The van der Waals surface area contributed by atoms with Crippen molar-refractivity contribution in [3.8, 4) is 11.9 Å². The number of rotatable bonds is 5. The number of aryl methyl sites for hydroxylation is 2. The van der Waals surface area contributed by atoms with Gasteiger partial charge < -0.3 is 4.74 Å². The van der Waals surface area contributed by atoms with Crippen LogP contribution in [-0.2, 0) is 6.42 Å². The minimum absolute atomic E-state index is 0.428. The normalized spacial score (nSPS) is 9.89. The average molecular weight is 253 g/mol. The van der Waals surface area contributed by atoms with E-state index in [-0.39, 0.29) is 0 Å². The molecule has 0 aliphatic heterocycles. The molecule has 0 atom stereocenters. The molecule has 0 amide bonds. The van der Waals surface area contributed by atoms with Crippen molar-refractivity contribution >= 4 is 0 Å². The zero-order chi connectivity index (χ0) is 13.5. The van der Waals surface area contributed by atoms with Crippen LogP contribution in [0, 0.1) is 18.3 Å². The van der Waals surface area contributed by atoms with E-state index in [2.05, 4.69) is 16.0 Å². The van der Waals surface area contributed by atoms with Gasteiger partial charge in [0.15, 0.2) is 0 Å². The van der Waals surface area contributed by atoms with Gasteiger partial charge in [0.05, 0.1) is 6.61 Å². The number of hydrogen-bond donors (Lipinski definition) is 0. The van der Waals surface area contributed by atoms with Crippen LogP contribution in [0.25, 0.3) is 0 Å². The first-order chi connectivity index (χ1) is 9.31. The lowest BCUT2D eigenvalue weighted by molar-refractivity contribution is 0.298. The zero-order valence-electron chi connectivity index (χ0n) is 10.8. The lowest BCUT2D eigenvalue weighted by Crippen LogP contribution is -2.03. The Morgan fingerprint density at radius 3 is 2.74 bits per heavy atom. The van der Waals surface area contributed by atoms with Gasteiger partial charge in [-0.2, -0.15) is 5.26 Å². The van der Waals surface area contributed by atoms with E-state index in [1.165, 1.54) is 5.56 Å². The topological polar surface area (TPSA) is 58.8 Å². The number of ether oxygens (including phenoxy) is 1. The molecule has 4 nitrogen and oxygen atoms in total. The molecule has 2 heterocycles. The smallest absolute Gasteiger partial charge is 0.231 e. The molecule has 0 aliphatic carbocycles. The molecular formula is C15H15N3O. The second-order valence-electron chi connectivity index (χ2n) is 4.23. The fourth-order valence-electron chi connectivity index (χ4n) is 1.77. The summed E-state index contributed by atoms with van der Waals surface area (Å²) >= 11 is 0. The van der Waals surface area contributed by atoms with Crippen LogP contribution in [0.2, 0.25) is 0 Å². The lowest BCUT2D eigenvalue weighted by atomic mass is 10.1. The Labute approximate surface area is 112 Å². The molecule has 0 bridgehead atoms. The summed E-state index contributed by atoms with van der Waals surface area (Å²) in [5.74, 6) is 0.428. The molecule has 0 spiro atoms. The van der Waals surface area contributed by atoms with Gasteiger partial charge in [0.1, 0.15) is 11.6 Å². The molecule has 0 aliphatic rings. The predicted octanol–water partition coefficient (Wildman–Crippen LogP) is 2.67. The summed E-state index contributed by atoms with van der Waals surface area (Å²) in [4.78, 5) is 8.08. The fourth-order valence-corrected chi connectivity index (χ4v) is 1.77. The number of hydrogen-bond acceptors (Lipinski definition) is 4. The molecule has 0 saturated heterocycles. The lowest BCUT2D eigenvalue weighted by Gasteiger charge is -2.07. The van der Waals surface area contributed by atoms with Gasteiger partial charge in [0.2, 0.25) is 5.88 Å². The quantitative estimate of drug-likeness (QED) is 0.769. The molecule has 0 fully saturated rings. The Hall–Kier alpha value is -2.41. The van der Waals surface area contributed by atoms with E-state index in [1.54, 1.807) is 18.6 Å². The number of nitriles is 1. The van der Waals surface area contributed by atoms with E-state index >= 15 is 0 Å². The van der Waals surface area contributed by atoms with Crippen molar-refractivity contribution in [2.45, 2.75) is 19.8 Å². The Morgan fingerprint density at radius 2 is 2.00 bits per heavy atom. The first-order valence-electron chi connectivity index (χ1n) is 6.18. The predicted molar refractivity (Wildman–Crippen MR) is 71.7 cm³/mol. The Bertz CT molecular complexity index is 576. The molecular weight excluding hydrogens is 238 g/mol. The van der Waals surface area contributed by atoms with E-state index < -0.39 is 0 Å². The van der Waals surface area contributed by atoms with Crippen LogP contribution in [0.5, 0.6) is 5.88 Å². The van der Waals surface area contributed by atoms with E-state index in [0.29, 0.717) is 18.1 Å². The van der Waals surface area contributed by atoms with Crippen LogP contribution in [0.1, 0.15) is 23.1 Å². The summed E-state index contributed by atoms with van der Waals surface area (Å²) in [6.45, 7) is 2.43. The standard InChI is InChI=1S/C15H15N3O/c1-12-4-9-18-15(14(12)11-16)19-10-2-3-13-5-7-17-8-6-13/h4-9H,2-3,10H2,1H3. The van der Waals surface area contributed by atoms with Crippen LogP contribution in [0.15, 0.2) is 36.8 Å². The molecule has 0 radical (unpaired) electrons. The Morgan fingerprint density at radius 1 is 1.21 bits per heavy atom. The molecule has 0 saturated carbocycles. The van der Waals surface area contributed by atoms with Crippen LogP contribution in [0.4, 0.5) is 0 Å². The molecule has 96 valence electrons.